The minimum absolute atomic E-state index is 0.0892. The maximum absolute atomic E-state index is 12.5. The van der Waals surface area contributed by atoms with Crippen molar-refractivity contribution in [2.75, 3.05) is 26.2 Å². The summed E-state index contributed by atoms with van der Waals surface area (Å²) < 4.78 is 0. The van der Waals surface area contributed by atoms with Crippen LogP contribution in [0.15, 0.2) is 24.3 Å². The van der Waals surface area contributed by atoms with E-state index in [1.54, 1.807) is 61.8 Å². The molecule has 3 amide bonds. The summed E-state index contributed by atoms with van der Waals surface area (Å²) in [5, 5.41) is 3.28. The molecule has 1 N–H and O–H groups in total. The van der Waals surface area contributed by atoms with E-state index in [2.05, 4.69) is 5.32 Å². The third-order valence-corrected chi connectivity index (χ3v) is 4.58. The number of halogens is 1. The molecule has 0 spiro atoms. The summed E-state index contributed by atoms with van der Waals surface area (Å²) in [6, 6.07) is 6.26. The molecule has 7 heteroatoms. The van der Waals surface area contributed by atoms with Crippen LogP contribution in [0.3, 0.4) is 0 Å². The smallest absolute Gasteiger partial charge is 0.254 e. The Morgan fingerprint density at radius 1 is 1.08 bits per heavy atom. The van der Waals surface area contributed by atoms with Crippen molar-refractivity contribution >= 4 is 29.3 Å². The third-order valence-electron chi connectivity index (χ3n) is 4.35. The molecule has 0 aromatic heterocycles. The molecule has 1 aliphatic rings. The summed E-state index contributed by atoms with van der Waals surface area (Å²) in [7, 11) is 0. The van der Waals surface area contributed by atoms with Gasteiger partial charge in [0, 0.05) is 42.2 Å². The average Bonchev–Trinajstić information content (AvgIpc) is 2.59. The zero-order chi connectivity index (χ0) is 19.5. The highest BCUT2D eigenvalue weighted by atomic mass is 35.5. The van der Waals surface area contributed by atoms with Gasteiger partial charge in [-0.2, -0.15) is 0 Å². The number of carbonyl (C=O) groups excluding carboxylic acids is 3. The zero-order valence-electron chi connectivity index (χ0n) is 15.7. The van der Waals surface area contributed by atoms with E-state index in [4.69, 9.17) is 11.6 Å². The predicted molar refractivity (Wildman–Crippen MR) is 101 cm³/mol. The molecule has 0 aliphatic carbocycles. The maximum Gasteiger partial charge on any atom is 0.254 e. The Balaban J connectivity index is 1.90. The zero-order valence-corrected chi connectivity index (χ0v) is 16.5. The molecule has 1 aromatic rings. The molecule has 2 rings (SSSR count). The van der Waals surface area contributed by atoms with Crippen LogP contribution in [-0.2, 0) is 9.59 Å². The number of nitrogens with zero attached hydrogens (tertiary/aromatic N) is 2. The molecule has 1 saturated heterocycles. The van der Waals surface area contributed by atoms with E-state index in [9.17, 15) is 14.4 Å². The van der Waals surface area contributed by atoms with Crippen molar-refractivity contribution in [1.29, 1.82) is 0 Å². The highest BCUT2D eigenvalue weighted by Gasteiger charge is 2.30. The second-order valence-electron chi connectivity index (χ2n) is 7.57. The van der Waals surface area contributed by atoms with Crippen LogP contribution in [0.25, 0.3) is 0 Å². The highest BCUT2D eigenvalue weighted by Crippen LogP contribution is 2.15. The van der Waals surface area contributed by atoms with Crippen LogP contribution < -0.4 is 5.32 Å². The van der Waals surface area contributed by atoms with Crippen molar-refractivity contribution in [2.24, 2.45) is 5.41 Å². The van der Waals surface area contributed by atoms with Gasteiger partial charge in [0.15, 0.2) is 0 Å². The van der Waals surface area contributed by atoms with E-state index in [1.165, 1.54) is 0 Å². The number of carbonyl (C=O) groups is 3. The molecule has 0 radical (unpaired) electrons. The van der Waals surface area contributed by atoms with Crippen molar-refractivity contribution in [3.05, 3.63) is 34.9 Å². The van der Waals surface area contributed by atoms with Gasteiger partial charge in [0.05, 0.1) is 0 Å². The van der Waals surface area contributed by atoms with Crippen LogP contribution in [0.4, 0.5) is 0 Å². The third kappa shape index (κ3) is 4.97. The lowest BCUT2D eigenvalue weighted by molar-refractivity contribution is -0.139. The van der Waals surface area contributed by atoms with Crippen molar-refractivity contribution in [2.45, 2.75) is 33.7 Å². The van der Waals surface area contributed by atoms with Gasteiger partial charge in [-0.15, -0.1) is 0 Å². The topological polar surface area (TPSA) is 69.7 Å². The maximum atomic E-state index is 12.5. The van der Waals surface area contributed by atoms with Crippen LogP contribution in [-0.4, -0.2) is 59.7 Å². The Kier molecular flexibility index (Phi) is 6.29. The van der Waals surface area contributed by atoms with E-state index < -0.39 is 11.5 Å². The Morgan fingerprint density at radius 3 is 2.19 bits per heavy atom. The molecule has 1 aromatic carbocycles. The summed E-state index contributed by atoms with van der Waals surface area (Å²) in [5.74, 6) is -0.376. The van der Waals surface area contributed by atoms with Gasteiger partial charge >= 0.3 is 0 Å². The molecule has 1 fully saturated rings. The first kappa shape index (κ1) is 20.2. The number of benzene rings is 1. The quantitative estimate of drug-likeness (QED) is 0.875. The summed E-state index contributed by atoms with van der Waals surface area (Å²) in [6.07, 6.45) is 0. The Labute approximate surface area is 159 Å². The lowest BCUT2D eigenvalue weighted by Gasteiger charge is -2.36. The predicted octanol–water partition coefficient (Wildman–Crippen LogP) is 2.18. The second-order valence-corrected chi connectivity index (χ2v) is 8.01. The summed E-state index contributed by atoms with van der Waals surface area (Å²) in [5.41, 5.74) is -0.000502. The van der Waals surface area contributed by atoms with Gasteiger partial charge < -0.3 is 15.1 Å². The average molecular weight is 380 g/mol. The van der Waals surface area contributed by atoms with Crippen molar-refractivity contribution < 1.29 is 14.4 Å². The van der Waals surface area contributed by atoms with Crippen LogP contribution in [0.5, 0.6) is 0 Å². The largest absolute Gasteiger partial charge is 0.344 e. The fourth-order valence-corrected chi connectivity index (χ4v) is 2.87. The number of nitrogens with one attached hydrogen (secondary N) is 1. The van der Waals surface area contributed by atoms with Crippen molar-refractivity contribution in [3.63, 3.8) is 0 Å². The van der Waals surface area contributed by atoms with E-state index in [0.29, 0.717) is 36.8 Å². The molecule has 0 bridgehead atoms. The normalized spacial score (nSPS) is 16.2. The lowest BCUT2D eigenvalue weighted by Crippen LogP contribution is -2.56. The number of hydrogen-bond acceptors (Lipinski definition) is 3. The minimum Gasteiger partial charge on any atom is -0.344 e. The second kappa shape index (κ2) is 8.08. The van der Waals surface area contributed by atoms with Gasteiger partial charge in [0.1, 0.15) is 6.04 Å². The molecule has 1 atom stereocenters. The van der Waals surface area contributed by atoms with Gasteiger partial charge in [0.25, 0.3) is 5.91 Å². The Hall–Kier alpha value is -2.08. The number of piperazine rings is 1. The molecule has 26 heavy (non-hydrogen) atoms. The molecule has 142 valence electrons. The van der Waals surface area contributed by atoms with E-state index >= 15 is 0 Å². The Bertz CT molecular complexity index is 692. The van der Waals surface area contributed by atoms with Gasteiger partial charge in [-0.05, 0) is 25.1 Å². The first-order valence-corrected chi connectivity index (χ1v) is 9.12. The standard InChI is InChI=1S/C19H26ClN3O3/c1-13(21-18(26)19(2,3)4)16(24)22-8-10-23(11-9-22)17(25)14-6-5-7-15(20)12-14/h5-7,12-13H,8-11H2,1-4H3,(H,21,26). The SMILES string of the molecule is CC(NC(=O)C(C)(C)C)C(=O)N1CCN(C(=O)c2cccc(Cl)c2)CC1. The van der Waals surface area contributed by atoms with E-state index in [-0.39, 0.29) is 17.7 Å². The molecule has 1 heterocycles. The van der Waals surface area contributed by atoms with Gasteiger partial charge in [-0.25, -0.2) is 0 Å². The molecule has 1 unspecified atom stereocenters. The molecule has 0 saturated carbocycles. The Morgan fingerprint density at radius 2 is 1.65 bits per heavy atom. The monoisotopic (exact) mass is 379 g/mol. The first-order valence-electron chi connectivity index (χ1n) is 8.74. The van der Waals surface area contributed by atoms with Crippen LogP contribution in [0.1, 0.15) is 38.1 Å². The molecular weight excluding hydrogens is 354 g/mol. The fraction of sp³-hybridized carbons (Fsp3) is 0.526. The van der Waals surface area contributed by atoms with Crippen LogP contribution >= 0.6 is 11.6 Å². The van der Waals surface area contributed by atoms with E-state index in [0.717, 1.165) is 0 Å². The summed E-state index contributed by atoms with van der Waals surface area (Å²) >= 11 is 5.94. The number of rotatable bonds is 3. The van der Waals surface area contributed by atoms with Crippen LogP contribution in [0.2, 0.25) is 5.02 Å². The van der Waals surface area contributed by atoms with E-state index in [1.807, 2.05) is 0 Å². The lowest BCUT2D eigenvalue weighted by atomic mass is 9.95. The van der Waals surface area contributed by atoms with Crippen molar-refractivity contribution in [1.82, 2.24) is 15.1 Å². The van der Waals surface area contributed by atoms with Crippen molar-refractivity contribution in [3.8, 4) is 0 Å². The highest BCUT2D eigenvalue weighted by molar-refractivity contribution is 6.30. The summed E-state index contributed by atoms with van der Waals surface area (Å²) in [6.45, 7) is 8.91. The fourth-order valence-electron chi connectivity index (χ4n) is 2.68. The number of amides is 3. The van der Waals surface area contributed by atoms with Gasteiger partial charge in [-0.3, -0.25) is 14.4 Å². The molecule has 6 nitrogen and oxygen atoms in total. The van der Waals surface area contributed by atoms with Gasteiger partial charge in [0.2, 0.25) is 11.8 Å². The number of hydrogen-bond donors (Lipinski definition) is 1. The minimum atomic E-state index is -0.586. The molecule has 1 aliphatic heterocycles. The summed E-state index contributed by atoms with van der Waals surface area (Å²) in [4.78, 5) is 40.5. The van der Waals surface area contributed by atoms with Crippen LogP contribution in [0, 0.1) is 5.41 Å². The molecular formula is C19H26ClN3O3. The first-order chi connectivity index (χ1) is 12.1. The van der Waals surface area contributed by atoms with Gasteiger partial charge in [-0.1, -0.05) is 38.4 Å².